The zero-order valence-electron chi connectivity index (χ0n) is 11.3. The third-order valence-electron chi connectivity index (χ3n) is 3.44. The maximum absolute atomic E-state index is 9.48. The molecule has 0 amide bonds. The van der Waals surface area contributed by atoms with Crippen molar-refractivity contribution >= 4 is 33.2 Å². The molecule has 0 aliphatic heterocycles. The minimum absolute atomic E-state index is 0.102. The molecule has 0 radical (unpaired) electrons. The summed E-state index contributed by atoms with van der Waals surface area (Å²) in [5, 5.41) is 10.9. The number of nitrogens with two attached hydrogens (primary N) is 1. The van der Waals surface area contributed by atoms with E-state index in [-0.39, 0.29) is 11.7 Å². The Labute approximate surface area is 132 Å². The van der Waals surface area contributed by atoms with Gasteiger partial charge in [0.25, 0.3) is 0 Å². The van der Waals surface area contributed by atoms with Crippen LogP contribution in [0.5, 0.6) is 5.75 Å². The molecule has 0 aliphatic carbocycles. The summed E-state index contributed by atoms with van der Waals surface area (Å²) in [5.41, 5.74) is 7.99. The van der Waals surface area contributed by atoms with E-state index in [4.69, 9.17) is 17.3 Å². The molecule has 1 atom stereocenters. The van der Waals surface area contributed by atoms with Crippen molar-refractivity contribution in [2.45, 2.75) is 12.3 Å². The SMILES string of the molecule is NCC(Cc1ccc(O)c(Cl)c1)c1nc2ccccc2s1. The highest BCUT2D eigenvalue weighted by molar-refractivity contribution is 7.18. The van der Waals surface area contributed by atoms with Gasteiger partial charge in [-0.15, -0.1) is 11.3 Å². The molecule has 3 N–H and O–H groups in total. The van der Waals surface area contributed by atoms with Crippen molar-refractivity contribution in [3.8, 4) is 5.75 Å². The van der Waals surface area contributed by atoms with Gasteiger partial charge < -0.3 is 10.8 Å². The van der Waals surface area contributed by atoms with Gasteiger partial charge >= 0.3 is 0 Å². The Bertz CT molecular complexity index is 739. The molecule has 21 heavy (non-hydrogen) atoms. The van der Waals surface area contributed by atoms with Gasteiger partial charge in [0.1, 0.15) is 5.75 Å². The molecule has 1 heterocycles. The number of hydrogen-bond donors (Lipinski definition) is 2. The molecular formula is C16H15ClN2OS. The first kappa shape index (κ1) is 14.3. The van der Waals surface area contributed by atoms with Crippen LogP contribution < -0.4 is 5.73 Å². The summed E-state index contributed by atoms with van der Waals surface area (Å²) in [6, 6.07) is 13.4. The molecule has 1 aromatic heterocycles. The van der Waals surface area contributed by atoms with Gasteiger partial charge in [-0.2, -0.15) is 0 Å². The first-order valence-electron chi connectivity index (χ1n) is 6.70. The van der Waals surface area contributed by atoms with Gasteiger partial charge in [0.05, 0.1) is 20.2 Å². The average molecular weight is 319 g/mol. The zero-order chi connectivity index (χ0) is 14.8. The van der Waals surface area contributed by atoms with Gasteiger partial charge in [0.2, 0.25) is 0 Å². The lowest BCUT2D eigenvalue weighted by Gasteiger charge is -2.12. The predicted octanol–water partition coefficient (Wildman–Crippen LogP) is 3.94. The number of benzene rings is 2. The molecule has 108 valence electrons. The third kappa shape index (κ3) is 3.02. The number of nitrogens with zero attached hydrogens (tertiary/aromatic N) is 1. The molecule has 3 aromatic rings. The van der Waals surface area contributed by atoms with E-state index >= 15 is 0 Å². The second-order valence-electron chi connectivity index (χ2n) is 4.94. The average Bonchev–Trinajstić information content (AvgIpc) is 2.92. The van der Waals surface area contributed by atoms with Gasteiger partial charge in [0.15, 0.2) is 0 Å². The van der Waals surface area contributed by atoms with Crippen molar-refractivity contribution in [2.24, 2.45) is 5.73 Å². The van der Waals surface area contributed by atoms with Crippen LogP contribution in [0.1, 0.15) is 16.5 Å². The molecular weight excluding hydrogens is 304 g/mol. The topological polar surface area (TPSA) is 59.1 Å². The van der Waals surface area contributed by atoms with E-state index in [1.165, 1.54) is 4.70 Å². The quantitative estimate of drug-likeness (QED) is 0.766. The number of phenolic OH excluding ortho intramolecular Hbond substituents is 1. The zero-order valence-corrected chi connectivity index (χ0v) is 12.9. The number of rotatable bonds is 4. The molecule has 5 heteroatoms. The molecule has 1 unspecified atom stereocenters. The van der Waals surface area contributed by atoms with Crippen LogP contribution in [0.3, 0.4) is 0 Å². The fourth-order valence-electron chi connectivity index (χ4n) is 2.30. The number of phenols is 1. The van der Waals surface area contributed by atoms with Crippen LogP contribution in [0.2, 0.25) is 5.02 Å². The maximum Gasteiger partial charge on any atom is 0.134 e. The fourth-order valence-corrected chi connectivity index (χ4v) is 3.58. The summed E-state index contributed by atoms with van der Waals surface area (Å²) in [6.45, 7) is 0.526. The summed E-state index contributed by atoms with van der Waals surface area (Å²) < 4.78 is 1.18. The molecule has 2 aromatic carbocycles. The monoisotopic (exact) mass is 318 g/mol. The molecule has 0 bridgehead atoms. The summed E-state index contributed by atoms with van der Waals surface area (Å²) in [6.07, 6.45) is 0.760. The molecule has 3 rings (SSSR count). The van der Waals surface area contributed by atoms with Crippen molar-refractivity contribution < 1.29 is 5.11 Å². The smallest absolute Gasteiger partial charge is 0.134 e. The standard InChI is InChI=1S/C16H15ClN2OS/c17-12-8-10(5-6-14(12)20)7-11(9-18)16-19-13-3-1-2-4-15(13)21-16/h1-6,8,11,20H,7,9,18H2. The second-order valence-corrected chi connectivity index (χ2v) is 6.41. The van der Waals surface area contributed by atoms with Gasteiger partial charge in [-0.1, -0.05) is 29.8 Å². The van der Waals surface area contributed by atoms with Crippen LogP contribution in [-0.2, 0) is 6.42 Å². The number of halogens is 1. The number of aromatic hydroxyl groups is 1. The van der Waals surface area contributed by atoms with Crippen molar-refractivity contribution in [1.29, 1.82) is 0 Å². The van der Waals surface area contributed by atoms with Gasteiger partial charge in [-0.3, -0.25) is 0 Å². The highest BCUT2D eigenvalue weighted by Crippen LogP contribution is 2.31. The van der Waals surface area contributed by atoms with Crippen molar-refractivity contribution in [3.63, 3.8) is 0 Å². The second kappa shape index (κ2) is 6.02. The van der Waals surface area contributed by atoms with Crippen LogP contribution in [0, 0.1) is 0 Å². The lowest BCUT2D eigenvalue weighted by atomic mass is 10.00. The Morgan fingerprint density at radius 3 is 2.76 bits per heavy atom. The Morgan fingerprint density at radius 2 is 2.05 bits per heavy atom. The van der Waals surface area contributed by atoms with E-state index in [0.717, 1.165) is 22.5 Å². The van der Waals surface area contributed by atoms with E-state index in [1.807, 2.05) is 24.3 Å². The van der Waals surface area contributed by atoms with Gasteiger partial charge in [0, 0.05) is 12.5 Å². The van der Waals surface area contributed by atoms with Gasteiger partial charge in [-0.25, -0.2) is 4.98 Å². The van der Waals surface area contributed by atoms with E-state index in [1.54, 1.807) is 23.5 Å². The highest BCUT2D eigenvalue weighted by atomic mass is 35.5. The number of thiazole rings is 1. The molecule has 0 saturated heterocycles. The molecule has 0 spiro atoms. The third-order valence-corrected chi connectivity index (χ3v) is 4.94. The molecule has 0 aliphatic rings. The van der Waals surface area contributed by atoms with E-state index < -0.39 is 0 Å². The van der Waals surface area contributed by atoms with Crippen LogP contribution in [0.15, 0.2) is 42.5 Å². The summed E-state index contributed by atoms with van der Waals surface area (Å²) in [7, 11) is 0. The normalized spacial score (nSPS) is 12.7. The van der Waals surface area contributed by atoms with Crippen LogP contribution in [-0.4, -0.2) is 16.6 Å². The first-order valence-corrected chi connectivity index (χ1v) is 7.89. The Morgan fingerprint density at radius 1 is 1.24 bits per heavy atom. The van der Waals surface area contributed by atoms with Crippen molar-refractivity contribution in [3.05, 3.63) is 58.1 Å². The van der Waals surface area contributed by atoms with Crippen LogP contribution in [0.25, 0.3) is 10.2 Å². The molecule has 0 saturated carbocycles. The predicted molar refractivity (Wildman–Crippen MR) is 88.2 cm³/mol. The summed E-state index contributed by atoms with van der Waals surface area (Å²) in [4.78, 5) is 4.68. The number of hydrogen-bond acceptors (Lipinski definition) is 4. The summed E-state index contributed by atoms with van der Waals surface area (Å²) >= 11 is 7.64. The number of fused-ring (bicyclic) bond motifs is 1. The van der Waals surface area contributed by atoms with Crippen molar-refractivity contribution in [2.75, 3.05) is 6.54 Å². The largest absolute Gasteiger partial charge is 0.506 e. The summed E-state index contributed by atoms with van der Waals surface area (Å²) in [5.74, 6) is 0.257. The van der Waals surface area contributed by atoms with Crippen LogP contribution >= 0.6 is 22.9 Å². The molecule has 0 fully saturated rings. The minimum atomic E-state index is 0.102. The molecule has 3 nitrogen and oxygen atoms in total. The van der Waals surface area contributed by atoms with Gasteiger partial charge in [-0.05, 0) is 36.2 Å². The van der Waals surface area contributed by atoms with E-state index in [9.17, 15) is 5.11 Å². The Balaban J connectivity index is 1.88. The van der Waals surface area contributed by atoms with E-state index in [2.05, 4.69) is 11.1 Å². The Kier molecular flexibility index (Phi) is 4.10. The number of aromatic nitrogens is 1. The maximum atomic E-state index is 9.48. The fraction of sp³-hybridized carbons (Fsp3) is 0.188. The lowest BCUT2D eigenvalue weighted by Crippen LogP contribution is -2.14. The number of para-hydroxylation sites is 1. The lowest BCUT2D eigenvalue weighted by molar-refractivity contribution is 0.475. The Hall–Kier alpha value is -1.62. The highest BCUT2D eigenvalue weighted by Gasteiger charge is 2.16. The van der Waals surface area contributed by atoms with Crippen LogP contribution in [0.4, 0.5) is 0 Å². The van der Waals surface area contributed by atoms with Crippen molar-refractivity contribution in [1.82, 2.24) is 4.98 Å². The minimum Gasteiger partial charge on any atom is -0.506 e. The van der Waals surface area contributed by atoms with E-state index in [0.29, 0.717) is 11.6 Å². The first-order chi connectivity index (χ1) is 10.2.